The van der Waals surface area contributed by atoms with Gasteiger partial charge in [0.15, 0.2) is 0 Å². The second kappa shape index (κ2) is 7.84. The maximum atomic E-state index is 13.2. The van der Waals surface area contributed by atoms with Gasteiger partial charge in [-0.1, -0.05) is 34.1 Å². The van der Waals surface area contributed by atoms with Crippen LogP contribution in [0.3, 0.4) is 0 Å². The Morgan fingerprint density at radius 1 is 1.12 bits per heavy atom. The summed E-state index contributed by atoms with van der Waals surface area (Å²) in [5.74, 6) is -0.298. The highest BCUT2D eigenvalue weighted by molar-refractivity contribution is 9.10. The zero-order chi connectivity index (χ0) is 18.7. The first kappa shape index (κ1) is 19.0. The summed E-state index contributed by atoms with van der Waals surface area (Å²) in [5.41, 5.74) is 1.11. The van der Waals surface area contributed by atoms with Crippen molar-refractivity contribution >= 4 is 26.0 Å². The molecule has 2 aromatic rings. The number of piperazine rings is 1. The van der Waals surface area contributed by atoms with E-state index < -0.39 is 10.0 Å². The van der Waals surface area contributed by atoms with Crippen LogP contribution in [0.4, 0.5) is 4.39 Å². The maximum absolute atomic E-state index is 13.2. The largest absolute Gasteiger partial charge is 0.296 e. The number of benzene rings is 2. The number of nitriles is 1. The number of nitrogens with zero attached hydrogens (tertiary/aromatic N) is 3. The van der Waals surface area contributed by atoms with E-state index in [1.165, 1.54) is 28.6 Å². The van der Waals surface area contributed by atoms with Crippen molar-refractivity contribution in [2.24, 2.45) is 0 Å². The highest BCUT2D eigenvalue weighted by Crippen LogP contribution is 2.23. The van der Waals surface area contributed by atoms with Crippen molar-refractivity contribution in [2.75, 3.05) is 26.2 Å². The average Bonchev–Trinajstić information content (AvgIpc) is 2.64. The molecule has 1 aliphatic rings. The SMILES string of the molecule is N#Cc1ccccc1S(=O)(=O)N1CCN(Cc2ccc(F)cc2Br)CC1. The molecule has 1 aliphatic heterocycles. The molecule has 0 aliphatic carbocycles. The molecular weight excluding hydrogens is 421 g/mol. The molecule has 0 spiro atoms. The quantitative estimate of drug-likeness (QED) is 0.737. The summed E-state index contributed by atoms with van der Waals surface area (Å²) in [7, 11) is -3.69. The van der Waals surface area contributed by atoms with Gasteiger partial charge in [-0.2, -0.15) is 9.57 Å². The van der Waals surface area contributed by atoms with Gasteiger partial charge < -0.3 is 0 Å². The molecule has 136 valence electrons. The number of hydrogen-bond donors (Lipinski definition) is 0. The van der Waals surface area contributed by atoms with E-state index in [1.54, 1.807) is 18.2 Å². The fourth-order valence-corrected chi connectivity index (χ4v) is 4.98. The molecule has 1 heterocycles. The molecule has 0 saturated carbocycles. The van der Waals surface area contributed by atoms with E-state index in [1.807, 2.05) is 6.07 Å². The lowest BCUT2D eigenvalue weighted by Gasteiger charge is -2.34. The lowest BCUT2D eigenvalue weighted by molar-refractivity contribution is 0.181. The van der Waals surface area contributed by atoms with Crippen LogP contribution in [0.15, 0.2) is 51.8 Å². The predicted octanol–water partition coefficient (Wildman–Crippen LogP) is 2.97. The maximum Gasteiger partial charge on any atom is 0.244 e. The summed E-state index contributed by atoms with van der Waals surface area (Å²) in [6.07, 6.45) is 0. The Kier molecular flexibility index (Phi) is 5.73. The monoisotopic (exact) mass is 437 g/mol. The fraction of sp³-hybridized carbons (Fsp3) is 0.278. The van der Waals surface area contributed by atoms with Crippen LogP contribution in [0.5, 0.6) is 0 Å². The zero-order valence-electron chi connectivity index (χ0n) is 13.9. The summed E-state index contributed by atoms with van der Waals surface area (Å²) in [4.78, 5) is 2.18. The van der Waals surface area contributed by atoms with Gasteiger partial charge in [-0.25, -0.2) is 12.8 Å². The number of rotatable bonds is 4. The van der Waals surface area contributed by atoms with Crippen LogP contribution >= 0.6 is 15.9 Å². The van der Waals surface area contributed by atoms with Crippen LogP contribution in [0.1, 0.15) is 11.1 Å². The van der Waals surface area contributed by atoms with Crippen LogP contribution < -0.4 is 0 Å². The van der Waals surface area contributed by atoms with Crippen LogP contribution in [0.2, 0.25) is 0 Å². The minimum Gasteiger partial charge on any atom is -0.296 e. The minimum atomic E-state index is -3.69. The molecule has 0 unspecified atom stereocenters. The van der Waals surface area contributed by atoms with Crippen molar-refractivity contribution in [1.82, 2.24) is 9.21 Å². The van der Waals surface area contributed by atoms with Gasteiger partial charge in [0.2, 0.25) is 10.0 Å². The van der Waals surface area contributed by atoms with Crippen LogP contribution in [-0.2, 0) is 16.6 Å². The smallest absolute Gasteiger partial charge is 0.244 e. The van der Waals surface area contributed by atoms with Gasteiger partial charge in [-0.05, 0) is 29.8 Å². The minimum absolute atomic E-state index is 0.0530. The van der Waals surface area contributed by atoms with Gasteiger partial charge in [-0.15, -0.1) is 0 Å². The molecule has 8 heteroatoms. The second-order valence-corrected chi connectivity index (χ2v) is 8.78. The van der Waals surface area contributed by atoms with E-state index in [4.69, 9.17) is 5.26 Å². The molecule has 2 aromatic carbocycles. The van der Waals surface area contributed by atoms with Gasteiger partial charge in [0.1, 0.15) is 11.9 Å². The first-order valence-corrected chi connectivity index (χ1v) is 10.3. The van der Waals surface area contributed by atoms with Crippen LogP contribution in [-0.4, -0.2) is 43.8 Å². The predicted molar refractivity (Wildman–Crippen MR) is 99.3 cm³/mol. The number of sulfonamides is 1. The summed E-state index contributed by atoms with van der Waals surface area (Å²) >= 11 is 3.36. The van der Waals surface area contributed by atoms with Crippen LogP contribution in [0, 0.1) is 17.1 Å². The summed E-state index contributed by atoms with van der Waals surface area (Å²) < 4.78 is 41.0. The third kappa shape index (κ3) is 3.96. The molecule has 0 aromatic heterocycles. The van der Waals surface area contributed by atoms with E-state index >= 15 is 0 Å². The Morgan fingerprint density at radius 3 is 2.46 bits per heavy atom. The lowest BCUT2D eigenvalue weighted by atomic mass is 10.2. The van der Waals surface area contributed by atoms with Crippen molar-refractivity contribution in [3.05, 3.63) is 63.9 Å². The van der Waals surface area contributed by atoms with Crippen molar-refractivity contribution in [2.45, 2.75) is 11.4 Å². The summed E-state index contributed by atoms with van der Waals surface area (Å²) in [5, 5.41) is 9.16. The van der Waals surface area contributed by atoms with E-state index in [0.717, 1.165) is 5.56 Å². The third-order valence-electron chi connectivity index (χ3n) is 4.37. The summed E-state index contributed by atoms with van der Waals surface area (Å²) in [6, 6.07) is 12.8. The molecule has 3 rings (SSSR count). The van der Waals surface area contributed by atoms with E-state index in [9.17, 15) is 12.8 Å². The Balaban J connectivity index is 1.69. The third-order valence-corrected chi connectivity index (χ3v) is 7.06. The normalized spacial score (nSPS) is 16.3. The highest BCUT2D eigenvalue weighted by atomic mass is 79.9. The van der Waals surface area contributed by atoms with Gasteiger partial charge >= 0.3 is 0 Å². The standard InChI is InChI=1S/C18H17BrFN3O2S/c19-17-11-16(20)6-5-15(17)13-22-7-9-23(10-8-22)26(24,25)18-4-2-1-3-14(18)12-21/h1-6,11H,7-10,13H2. The molecule has 0 amide bonds. The molecule has 5 nitrogen and oxygen atoms in total. The molecule has 0 bridgehead atoms. The van der Waals surface area contributed by atoms with Crippen LogP contribution in [0.25, 0.3) is 0 Å². The van der Waals surface area contributed by atoms with Crippen molar-refractivity contribution in [3.8, 4) is 6.07 Å². The zero-order valence-corrected chi connectivity index (χ0v) is 16.3. The molecule has 0 atom stereocenters. The van der Waals surface area contributed by atoms with Crippen molar-refractivity contribution in [3.63, 3.8) is 0 Å². The summed E-state index contributed by atoms with van der Waals surface area (Å²) in [6.45, 7) is 2.45. The molecule has 0 radical (unpaired) electrons. The molecule has 1 fully saturated rings. The molecule has 0 N–H and O–H groups in total. The fourth-order valence-electron chi connectivity index (χ4n) is 2.94. The Morgan fingerprint density at radius 2 is 1.81 bits per heavy atom. The molecule has 1 saturated heterocycles. The van der Waals surface area contributed by atoms with E-state index in [0.29, 0.717) is 37.2 Å². The number of hydrogen-bond acceptors (Lipinski definition) is 4. The Hall–Kier alpha value is -1.79. The van der Waals surface area contributed by atoms with Gasteiger partial charge in [0, 0.05) is 37.2 Å². The molecule has 26 heavy (non-hydrogen) atoms. The topological polar surface area (TPSA) is 64.4 Å². The average molecular weight is 438 g/mol. The van der Waals surface area contributed by atoms with Gasteiger partial charge in [-0.3, -0.25) is 4.90 Å². The second-order valence-electron chi connectivity index (χ2n) is 6.02. The Bertz CT molecular complexity index is 951. The first-order chi connectivity index (χ1) is 12.4. The van der Waals surface area contributed by atoms with Crippen molar-refractivity contribution < 1.29 is 12.8 Å². The van der Waals surface area contributed by atoms with Gasteiger partial charge in [0.05, 0.1) is 10.5 Å². The number of halogens is 2. The van der Waals surface area contributed by atoms with E-state index in [-0.39, 0.29) is 16.3 Å². The first-order valence-electron chi connectivity index (χ1n) is 8.07. The molecular formula is C18H17BrFN3O2S. The Labute approximate surface area is 160 Å². The van der Waals surface area contributed by atoms with E-state index in [2.05, 4.69) is 20.8 Å². The lowest BCUT2D eigenvalue weighted by Crippen LogP contribution is -2.48. The highest BCUT2D eigenvalue weighted by Gasteiger charge is 2.30. The van der Waals surface area contributed by atoms with Gasteiger partial charge in [0.25, 0.3) is 0 Å². The van der Waals surface area contributed by atoms with Crippen molar-refractivity contribution in [1.29, 1.82) is 5.26 Å².